The second-order valence-electron chi connectivity index (χ2n) is 4.38. The molecule has 2 heteroatoms. The van der Waals surface area contributed by atoms with Gasteiger partial charge in [-0.25, -0.2) is 0 Å². The van der Waals surface area contributed by atoms with Crippen molar-refractivity contribution in [3.63, 3.8) is 0 Å². The third-order valence-electron chi connectivity index (χ3n) is 3.13. The van der Waals surface area contributed by atoms with Crippen molar-refractivity contribution in [3.8, 4) is 0 Å². The van der Waals surface area contributed by atoms with Gasteiger partial charge in [0.1, 0.15) is 0 Å². The Labute approximate surface area is 97.5 Å². The van der Waals surface area contributed by atoms with E-state index in [1.165, 1.54) is 31.2 Å². The first-order valence-corrected chi connectivity index (χ1v) is 6.08. The Morgan fingerprint density at radius 3 is 2.88 bits per heavy atom. The highest BCUT2D eigenvalue weighted by atomic mass is 14.8. The van der Waals surface area contributed by atoms with Gasteiger partial charge in [0, 0.05) is 12.2 Å². The quantitative estimate of drug-likeness (QED) is 0.451. The summed E-state index contributed by atoms with van der Waals surface area (Å²) in [5, 5.41) is 3.45. The zero-order valence-corrected chi connectivity index (χ0v) is 9.71. The molecule has 0 radical (unpaired) electrons. The summed E-state index contributed by atoms with van der Waals surface area (Å²) in [7, 11) is 0. The van der Waals surface area contributed by atoms with Crippen LogP contribution in [0.3, 0.4) is 0 Å². The number of hydrogen-bond acceptors (Lipinski definition) is 2. The molecule has 0 unspecified atom stereocenters. The summed E-state index contributed by atoms with van der Waals surface area (Å²) in [5.41, 5.74) is 9.57. The molecule has 0 heterocycles. The van der Waals surface area contributed by atoms with Crippen molar-refractivity contribution >= 4 is 5.69 Å². The number of allylic oxidation sites excluding steroid dienone is 1. The molecule has 0 saturated carbocycles. The van der Waals surface area contributed by atoms with E-state index in [1.54, 1.807) is 5.57 Å². The van der Waals surface area contributed by atoms with Gasteiger partial charge in [-0.05, 0) is 43.9 Å². The lowest BCUT2D eigenvalue weighted by atomic mass is 10.1. The molecule has 1 aromatic rings. The molecule has 1 aliphatic carbocycles. The monoisotopic (exact) mass is 216 g/mol. The topological polar surface area (TPSA) is 38.0 Å². The molecule has 0 aromatic heterocycles. The van der Waals surface area contributed by atoms with Gasteiger partial charge in [-0.1, -0.05) is 29.8 Å². The molecule has 3 N–H and O–H groups in total. The zero-order chi connectivity index (χ0) is 11.2. The minimum Gasteiger partial charge on any atom is -0.398 e. The van der Waals surface area contributed by atoms with E-state index in [-0.39, 0.29) is 0 Å². The first-order chi connectivity index (χ1) is 7.86. The van der Waals surface area contributed by atoms with E-state index in [2.05, 4.69) is 17.5 Å². The minimum atomic E-state index is 0.875. The molecule has 0 amide bonds. The van der Waals surface area contributed by atoms with Crippen molar-refractivity contribution in [3.05, 3.63) is 41.5 Å². The highest BCUT2D eigenvalue weighted by Crippen LogP contribution is 2.19. The maximum absolute atomic E-state index is 5.87. The van der Waals surface area contributed by atoms with Crippen molar-refractivity contribution in [2.45, 2.75) is 32.2 Å². The molecule has 1 aliphatic rings. The molecule has 16 heavy (non-hydrogen) atoms. The van der Waals surface area contributed by atoms with Gasteiger partial charge < -0.3 is 11.1 Å². The van der Waals surface area contributed by atoms with Crippen molar-refractivity contribution in [2.75, 3.05) is 12.3 Å². The lowest BCUT2D eigenvalue weighted by molar-refractivity contribution is 0.677. The van der Waals surface area contributed by atoms with E-state index in [1.807, 2.05) is 18.2 Å². The van der Waals surface area contributed by atoms with Crippen molar-refractivity contribution in [2.24, 2.45) is 0 Å². The Morgan fingerprint density at radius 1 is 1.25 bits per heavy atom. The summed E-state index contributed by atoms with van der Waals surface area (Å²) in [4.78, 5) is 0. The van der Waals surface area contributed by atoms with Crippen LogP contribution < -0.4 is 11.1 Å². The molecule has 2 rings (SSSR count). The molecule has 0 fully saturated rings. The van der Waals surface area contributed by atoms with Crippen LogP contribution in [0.4, 0.5) is 5.69 Å². The predicted molar refractivity (Wildman–Crippen MR) is 69.1 cm³/mol. The number of nitrogens with two attached hydrogens (primary N) is 1. The predicted octanol–water partition coefficient (Wildman–Crippen LogP) is 2.86. The van der Waals surface area contributed by atoms with Crippen LogP contribution in [0, 0.1) is 0 Å². The summed E-state index contributed by atoms with van der Waals surface area (Å²) in [6.45, 7) is 1.93. The highest BCUT2D eigenvalue weighted by Gasteiger charge is 2.03. The SMILES string of the molecule is Nc1ccccc1CNCCC1=CCCC1. The Bertz CT molecular complexity index is 369. The maximum Gasteiger partial charge on any atom is 0.0359 e. The van der Waals surface area contributed by atoms with E-state index in [4.69, 9.17) is 5.73 Å². The second kappa shape index (κ2) is 5.71. The van der Waals surface area contributed by atoms with Crippen LogP contribution >= 0.6 is 0 Å². The molecule has 1 aromatic carbocycles. The zero-order valence-electron chi connectivity index (χ0n) is 9.71. The van der Waals surface area contributed by atoms with E-state index in [0.717, 1.165) is 18.8 Å². The fraction of sp³-hybridized carbons (Fsp3) is 0.429. The molecular formula is C14H20N2. The molecule has 0 aliphatic heterocycles. The van der Waals surface area contributed by atoms with Crippen LogP contribution in [0.25, 0.3) is 0 Å². The number of anilines is 1. The third kappa shape index (κ3) is 3.11. The standard InChI is InChI=1S/C14H20N2/c15-14-8-4-3-7-13(14)11-16-10-9-12-5-1-2-6-12/h3-5,7-8,16H,1-2,6,9-11,15H2. The van der Waals surface area contributed by atoms with E-state index < -0.39 is 0 Å². The van der Waals surface area contributed by atoms with Gasteiger partial charge in [0.25, 0.3) is 0 Å². The number of hydrogen-bond donors (Lipinski definition) is 2. The number of benzene rings is 1. The van der Waals surface area contributed by atoms with Crippen LogP contribution in [0.15, 0.2) is 35.9 Å². The number of para-hydroxylation sites is 1. The average molecular weight is 216 g/mol. The van der Waals surface area contributed by atoms with E-state index in [9.17, 15) is 0 Å². The Hall–Kier alpha value is -1.28. The van der Waals surface area contributed by atoms with Crippen molar-refractivity contribution in [1.29, 1.82) is 0 Å². The molecule has 86 valence electrons. The lowest BCUT2D eigenvalue weighted by Gasteiger charge is -2.07. The first-order valence-electron chi connectivity index (χ1n) is 6.08. The summed E-state index contributed by atoms with van der Waals surface area (Å²) >= 11 is 0. The molecule has 0 saturated heterocycles. The Kier molecular flexibility index (Phi) is 4.00. The van der Waals surface area contributed by atoms with Crippen LogP contribution in [0.1, 0.15) is 31.2 Å². The molecular weight excluding hydrogens is 196 g/mol. The van der Waals surface area contributed by atoms with Gasteiger partial charge >= 0.3 is 0 Å². The summed E-state index contributed by atoms with van der Waals surface area (Å²) in [5.74, 6) is 0. The molecule has 0 bridgehead atoms. The number of rotatable bonds is 5. The van der Waals surface area contributed by atoms with Gasteiger partial charge in [0.05, 0.1) is 0 Å². The van der Waals surface area contributed by atoms with Gasteiger partial charge in [-0.2, -0.15) is 0 Å². The van der Waals surface area contributed by atoms with Crippen LogP contribution in [0.5, 0.6) is 0 Å². The van der Waals surface area contributed by atoms with Crippen LogP contribution in [-0.4, -0.2) is 6.54 Å². The minimum absolute atomic E-state index is 0.875. The third-order valence-corrected chi connectivity index (χ3v) is 3.13. The largest absolute Gasteiger partial charge is 0.398 e. The summed E-state index contributed by atoms with van der Waals surface area (Å²) in [6, 6.07) is 8.04. The maximum atomic E-state index is 5.87. The normalized spacial score (nSPS) is 15.1. The fourth-order valence-corrected chi connectivity index (χ4v) is 2.13. The van der Waals surface area contributed by atoms with Gasteiger partial charge in [0.15, 0.2) is 0 Å². The van der Waals surface area contributed by atoms with Crippen LogP contribution in [0.2, 0.25) is 0 Å². The second-order valence-corrected chi connectivity index (χ2v) is 4.38. The van der Waals surface area contributed by atoms with Crippen LogP contribution in [-0.2, 0) is 6.54 Å². The molecule has 0 atom stereocenters. The molecule has 0 spiro atoms. The molecule has 2 nitrogen and oxygen atoms in total. The number of nitrogen functional groups attached to an aromatic ring is 1. The summed E-state index contributed by atoms with van der Waals surface area (Å²) in [6.07, 6.45) is 7.50. The smallest absolute Gasteiger partial charge is 0.0359 e. The van der Waals surface area contributed by atoms with Gasteiger partial charge in [-0.15, -0.1) is 0 Å². The lowest BCUT2D eigenvalue weighted by Crippen LogP contribution is -2.16. The first kappa shape index (κ1) is 11.2. The van der Waals surface area contributed by atoms with Crippen molar-refractivity contribution < 1.29 is 0 Å². The van der Waals surface area contributed by atoms with Gasteiger partial charge in [0.2, 0.25) is 0 Å². The average Bonchev–Trinajstić information content (AvgIpc) is 2.79. The van der Waals surface area contributed by atoms with Crippen molar-refractivity contribution in [1.82, 2.24) is 5.32 Å². The van der Waals surface area contributed by atoms with E-state index >= 15 is 0 Å². The Balaban J connectivity index is 1.70. The fourth-order valence-electron chi connectivity index (χ4n) is 2.13. The van der Waals surface area contributed by atoms with Gasteiger partial charge in [-0.3, -0.25) is 0 Å². The summed E-state index contributed by atoms with van der Waals surface area (Å²) < 4.78 is 0. The Morgan fingerprint density at radius 2 is 2.12 bits per heavy atom. The number of nitrogens with one attached hydrogen (secondary N) is 1. The van der Waals surface area contributed by atoms with E-state index in [0.29, 0.717) is 0 Å². The highest BCUT2D eigenvalue weighted by molar-refractivity contribution is 5.46.